The summed E-state index contributed by atoms with van der Waals surface area (Å²) in [7, 11) is 0. The van der Waals surface area contributed by atoms with Crippen LogP contribution in [0.2, 0.25) is 0 Å². The van der Waals surface area contributed by atoms with Crippen LogP contribution in [-0.4, -0.2) is 11.5 Å². The lowest BCUT2D eigenvalue weighted by atomic mass is 9.87. The maximum absolute atomic E-state index is 10.7. The van der Waals surface area contributed by atoms with E-state index in [1.807, 2.05) is 0 Å². The molecule has 0 saturated heterocycles. The Balaban J connectivity index is 2.58. The van der Waals surface area contributed by atoms with Crippen molar-refractivity contribution in [2.24, 2.45) is 5.41 Å². The molecule has 0 fully saturated rings. The fourth-order valence-electron chi connectivity index (χ4n) is 2.10. The van der Waals surface area contributed by atoms with E-state index in [2.05, 4.69) is 26.1 Å². The second-order valence-corrected chi connectivity index (χ2v) is 6.00. The van der Waals surface area contributed by atoms with Crippen LogP contribution in [0.5, 0.6) is 0 Å². The molecular weight excluding hydrogens is 254 g/mol. The van der Waals surface area contributed by atoms with E-state index >= 15 is 0 Å². The van der Waals surface area contributed by atoms with Gasteiger partial charge in [0.25, 0.3) is 5.69 Å². The van der Waals surface area contributed by atoms with Gasteiger partial charge in [0.15, 0.2) is 0 Å². The lowest BCUT2D eigenvalue weighted by molar-refractivity contribution is -0.384. The molecule has 1 rings (SSSR count). The predicted octanol–water partition coefficient (Wildman–Crippen LogP) is 4.20. The van der Waals surface area contributed by atoms with Crippen molar-refractivity contribution < 1.29 is 4.92 Å². The Bertz CT molecular complexity index is 458. The minimum atomic E-state index is -0.436. The topological polar surface area (TPSA) is 81.2 Å². The summed E-state index contributed by atoms with van der Waals surface area (Å²) in [5.74, 6) is 0. The van der Waals surface area contributed by atoms with Gasteiger partial charge in [-0.25, -0.2) is 0 Å². The van der Waals surface area contributed by atoms with Crippen molar-refractivity contribution >= 4 is 17.1 Å². The van der Waals surface area contributed by atoms with Gasteiger partial charge in [0.2, 0.25) is 0 Å². The van der Waals surface area contributed by atoms with Crippen LogP contribution in [0.3, 0.4) is 0 Å². The summed E-state index contributed by atoms with van der Waals surface area (Å²) in [4.78, 5) is 10.2. The molecule has 112 valence electrons. The van der Waals surface area contributed by atoms with Crippen LogP contribution in [0.1, 0.15) is 46.5 Å². The van der Waals surface area contributed by atoms with Gasteiger partial charge >= 0.3 is 0 Å². The Hall–Kier alpha value is -1.78. The monoisotopic (exact) mass is 279 g/mol. The summed E-state index contributed by atoms with van der Waals surface area (Å²) in [6, 6.07) is 4.55. The predicted molar refractivity (Wildman–Crippen MR) is 83.9 cm³/mol. The molecule has 1 aromatic carbocycles. The van der Waals surface area contributed by atoms with Gasteiger partial charge < -0.3 is 11.1 Å². The Morgan fingerprint density at radius 1 is 1.35 bits per heavy atom. The average molecular weight is 279 g/mol. The highest BCUT2D eigenvalue weighted by Gasteiger charge is 2.18. The van der Waals surface area contributed by atoms with Crippen LogP contribution in [0.4, 0.5) is 17.1 Å². The lowest BCUT2D eigenvalue weighted by Crippen LogP contribution is -2.23. The van der Waals surface area contributed by atoms with Gasteiger partial charge in [0.05, 0.1) is 16.3 Å². The number of anilines is 2. The number of hydrogen-bond acceptors (Lipinski definition) is 4. The highest BCUT2D eigenvalue weighted by Crippen LogP contribution is 2.28. The largest absolute Gasteiger partial charge is 0.397 e. The van der Waals surface area contributed by atoms with Crippen molar-refractivity contribution in [3.05, 3.63) is 28.3 Å². The maximum Gasteiger partial charge on any atom is 0.271 e. The third-order valence-corrected chi connectivity index (χ3v) is 3.46. The molecule has 5 heteroatoms. The molecule has 0 bridgehead atoms. The number of hydrogen-bond donors (Lipinski definition) is 2. The molecule has 0 saturated carbocycles. The smallest absolute Gasteiger partial charge is 0.271 e. The van der Waals surface area contributed by atoms with Crippen LogP contribution < -0.4 is 11.1 Å². The van der Waals surface area contributed by atoms with E-state index in [-0.39, 0.29) is 11.1 Å². The summed E-state index contributed by atoms with van der Waals surface area (Å²) in [6.07, 6.45) is 4.85. The molecule has 0 atom stereocenters. The van der Waals surface area contributed by atoms with E-state index in [9.17, 15) is 10.1 Å². The number of nitrogens with two attached hydrogens (primary N) is 1. The molecule has 1 aromatic rings. The molecule has 0 spiro atoms. The molecular formula is C15H25N3O2. The minimum absolute atomic E-state index is 0.0234. The van der Waals surface area contributed by atoms with Gasteiger partial charge in [0, 0.05) is 18.7 Å². The van der Waals surface area contributed by atoms with E-state index < -0.39 is 4.92 Å². The first-order chi connectivity index (χ1) is 9.35. The number of non-ortho nitro benzene ring substituents is 1. The first-order valence-corrected chi connectivity index (χ1v) is 7.13. The maximum atomic E-state index is 10.7. The zero-order valence-corrected chi connectivity index (χ0v) is 12.6. The van der Waals surface area contributed by atoms with E-state index in [4.69, 9.17) is 5.73 Å². The average Bonchev–Trinajstić information content (AvgIpc) is 2.37. The lowest BCUT2D eigenvalue weighted by Gasteiger charge is -2.26. The highest BCUT2D eigenvalue weighted by atomic mass is 16.6. The zero-order chi connectivity index (χ0) is 15.2. The summed E-state index contributed by atoms with van der Waals surface area (Å²) in [5.41, 5.74) is 7.23. The fourth-order valence-corrected chi connectivity index (χ4v) is 2.10. The second-order valence-electron chi connectivity index (χ2n) is 6.00. The summed E-state index contributed by atoms with van der Waals surface area (Å²) < 4.78 is 0. The molecule has 3 N–H and O–H groups in total. The molecule has 0 radical (unpaired) electrons. The van der Waals surface area contributed by atoms with Gasteiger partial charge in [-0.05, 0) is 17.9 Å². The molecule has 0 aliphatic heterocycles. The first-order valence-electron chi connectivity index (χ1n) is 7.13. The van der Waals surface area contributed by atoms with E-state index in [1.54, 1.807) is 6.07 Å². The summed E-state index contributed by atoms with van der Waals surface area (Å²) in [6.45, 7) is 7.44. The van der Waals surface area contributed by atoms with Crippen LogP contribution >= 0.6 is 0 Å². The van der Waals surface area contributed by atoms with E-state index in [1.165, 1.54) is 31.4 Å². The second kappa shape index (κ2) is 7.12. The molecule has 5 nitrogen and oxygen atoms in total. The number of nitro groups is 1. The quantitative estimate of drug-likeness (QED) is 0.323. The standard InChI is InChI=1S/C15H25N3O2/c1-4-5-6-9-15(2,3)11-17-14-8-7-12(18(19)20)10-13(14)16/h7-8,10,17H,4-6,9,11,16H2,1-3H3. The van der Waals surface area contributed by atoms with Crippen molar-refractivity contribution in [2.45, 2.75) is 46.5 Å². The molecule has 20 heavy (non-hydrogen) atoms. The Morgan fingerprint density at radius 2 is 2.05 bits per heavy atom. The normalized spacial score (nSPS) is 11.3. The first kappa shape index (κ1) is 16.3. The van der Waals surface area contributed by atoms with E-state index in [0.717, 1.165) is 18.7 Å². The number of nitro benzene ring substituents is 1. The molecule has 0 unspecified atom stereocenters. The van der Waals surface area contributed by atoms with Crippen LogP contribution in [0.15, 0.2) is 18.2 Å². The molecule has 0 heterocycles. The highest BCUT2D eigenvalue weighted by molar-refractivity contribution is 5.69. The van der Waals surface area contributed by atoms with Gasteiger partial charge in [-0.3, -0.25) is 10.1 Å². The van der Waals surface area contributed by atoms with Gasteiger partial charge in [0.1, 0.15) is 0 Å². The number of nitrogens with zero attached hydrogens (tertiary/aromatic N) is 1. The van der Waals surface area contributed by atoms with Crippen LogP contribution in [0.25, 0.3) is 0 Å². The number of nitrogens with one attached hydrogen (secondary N) is 1. The van der Waals surface area contributed by atoms with Crippen molar-refractivity contribution in [3.63, 3.8) is 0 Å². The summed E-state index contributed by atoms with van der Waals surface area (Å²) in [5, 5.41) is 14.0. The van der Waals surface area contributed by atoms with Gasteiger partial charge in [-0.1, -0.05) is 40.0 Å². The van der Waals surface area contributed by atoms with Gasteiger partial charge in [-0.15, -0.1) is 0 Å². The zero-order valence-electron chi connectivity index (χ0n) is 12.6. The number of unbranched alkanes of at least 4 members (excludes halogenated alkanes) is 2. The van der Waals surface area contributed by atoms with E-state index in [0.29, 0.717) is 5.69 Å². The number of nitrogen functional groups attached to an aromatic ring is 1. The Labute approximate surface area is 120 Å². The minimum Gasteiger partial charge on any atom is -0.397 e. The van der Waals surface area contributed by atoms with Crippen LogP contribution in [0, 0.1) is 15.5 Å². The van der Waals surface area contributed by atoms with Crippen molar-refractivity contribution in [3.8, 4) is 0 Å². The van der Waals surface area contributed by atoms with Crippen molar-refractivity contribution in [2.75, 3.05) is 17.6 Å². The third kappa shape index (κ3) is 5.07. The van der Waals surface area contributed by atoms with Gasteiger partial charge in [-0.2, -0.15) is 0 Å². The molecule has 0 aliphatic carbocycles. The third-order valence-electron chi connectivity index (χ3n) is 3.46. The number of benzene rings is 1. The SMILES string of the molecule is CCCCCC(C)(C)CNc1ccc([N+](=O)[O-])cc1N. The van der Waals surface area contributed by atoms with Crippen LogP contribution in [-0.2, 0) is 0 Å². The van der Waals surface area contributed by atoms with Crippen molar-refractivity contribution in [1.29, 1.82) is 0 Å². The Kier molecular flexibility index (Phi) is 5.80. The molecule has 0 aliphatic rings. The van der Waals surface area contributed by atoms with Crippen molar-refractivity contribution in [1.82, 2.24) is 0 Å². The molecule has 0 amide bonds. The molecule has 0 aromatic heterocycles. The number of rotatable bonds is 8. The summed E-state index contributed by atoms with van der Waals surface area (Å²) >= 11 is 0. The Morgan fingerprint density at radius 3 is 2.60 bits per heavy atom. The fraction of sp³-hybridized carbons (Fsp3) is 0.600.